The van der Waals surface area contributed by atoms with Crippen LogP contribution in [-0.2, 0) is 29.1 Å². The Morgan fingerprint density at radius 1 is 1.08 bits per heavy atom. The van der Waals surface area contributed by atoms with Crippen molar-refractivity contribution in [3.63, 3.8) is 0 Å². The summed E-state index contributed by atoms with van der Waals surface area (Å²) in [5, 5.41) is 6.25. The molecule has 50 heavy (non-hydrogen) atoms. The highest BCUT2D eigenvalue weighted by molar-refractivity contribution is 7.91. The van der Waals surface area contributed by atoms with Crippen LogP contribution in [0.25, 0.3) is 10.8 Å². The van der Waals surface area contributed by atoms with E-state index < -0.39 is 79.7 Å². The van der Waals surface area contributed by atoms with E-state index in [1.54, 1.807) is 41.5 Å². The molecule has 3 aliphatic rings. The Kier molecular flexibility index (Phi) is 9.87. The van der Waals surface area contributed by atoms with Crippen LogP contribution in [0.1, 0.15) is 67.2 Å². The first-order chi connectivity index (χ1) is 23.3. The summed E-state index contributed by atoms with van der Waals surface area (Å²) in [6.45, 7) is 14.1. The summed E-state index contributed by atoms with van der Waals surface area (Å²) in [5.41, 5.74) is -3.20. The molecule has 1 aliphatic heterocycles. The number of benzene rings is 1. The van der Waals surface area contributed by atoms with Crippen LogP contribution in [0.15, 0.2) is 43.1 Å². The van der Waals surface area contributed by atoms with Crippen LogP contribution >= 0.6 is 0 Å². The van der Waals surface area contributed by atoms with E-state index >= 15 is 0 Å². The molecule has 2 aliphatic carbocycles. The summed E-state index contributed by atoms with van der Waals surface area (Å²) < 4.78 is 44.7. The van der Waals surface area contributed by atoms with E-state index in [2.05, 4.69) is 26.9 Å². The number of methoxy groups -OCH3 is 1. The molecule has 3 N–H and O–H groups in total. The van der Waals surface area contributed by atoms with Gasteiger partial charge in [0.05, 0.1) is 25.1 Å². The van der Waals surface area contributed by atoms with Crippen LogP contribution in [0.4, 0.5) is 4.79 Å². The van der Waals surface area contributed by atoms with Gasteiger partial charge in [-0.1, -0.05) is 45.0 Å². The van der Waals surface area contributed by atoms with Gasteiger partial charge in [0.2, 0.25) is 27.7 Å². The summed E-state index contributed by atoms with van der Waals surface area (Å²) >= 11 is 0. The zero-order valence-corrected chi connectivity index (χ0v) is 30.4. The van der Waals surface area contributed by atoms with Gasteiger partial charge in [0.25, 0.3) is 5.91 Å². The van der Waals surface area contributed by atoms with Gasteiger partial charge in [-0.25, -0.2) is 18.2 Å². The maximum Gasteiger partial charge on any atom is 0.408 e. The number of likely N-dealkylation sites (tertiary alicyclic amines) is 1. The summed E-state index contributed by atoms with van der Waals surface area (Å²) in [7, 11) is -2.36. The van der Waals surface area contributed by atoms with Gasteiger partial charge in [-0.15, -0.1) is 6.58 Å². The van der Waals surface area contributed by atoms with E-state index in [-0.39, 0.29) is 25.3 Å². The van der Waals surface area contributed by atoms with E-state index in [9.17, 15) is 27.6 Å². The molecule has 15 heteroatoms. The summed E-state index contributed by atoms with van der Waals surface area (Å²) in [4.78, 5) is 60.7. The molecule has 0 radical (unpaired) electrons. The Labute approximate surface area is 292 Å². The van der Waals surface area contributed by atoms with E-state index in [0.717, 1.165) is 5.39 Å². The molecule has 2 saturated carbocycles. The molecule has 1 unspecified atom stereocenters. The van der Waals surface area contributed by atoms with Gasteiger partial charge in [0.15, 0.2) is 0 Å². The van der Waals surface area contributed by atoms with Crippen molar-refractivity contribution in [3.05, 3.63) is 43.1 Å². The van der Waals surface area contributed by atoms with Crippen LogP contribution in [0.3, 0.4) is 0 Å². The highest BCUT2D eigenvalue weighted by atomic mass is 32.2. The quantitative estimate of drug-likeness (QED) is 0.293. The normalized spacial score (nSPS) is 24.1. The maximum absolute atomic E-state index is 14.4. The second kappa shape index (κ2) is 13.4. The number of ether oxygens (including phenoxy) is 3. The zero-order chi connectivity index (χ0) is 36.8. The van der Waals surface area contributed by atoms with Crippen LogP contribution in [0, 0.1) is 11.3 Å². The van der Waals surface area contributed by atoms with Gasteiger partial charge >= 0.3 is 6.09 Å². The number of hydrogen-bond acceptors (Lipinski definition) is 10. The predicted molar refractivity (Wildman–Crippen MR) is 185 cm³/mol. The van der Waals surface area contributed by atoms with Crippen LogP contribution < -0.4 is 24.8 Å². The number of rotatable bonds is 11. The number of aromatic nitrogens is 1. The Hall–Kier alpha value is -4.40. The minimum absolute atomic E-state index is 0.0136. The number of fused-ring (bicyclic) bond motifs is 1. The van der Waals surface area contributed by atoms with Gasteiger partial charge in [0.1, 0.15) is 35.1 Å². The highest BCUT2D eigenvalue weighted by Crippen LogP contribution is 2.45. The van der Waals surface area contributed by atoms with Gasteiger partial charge in [-0.05, 0) is 51.5 Å². The Morgan fingerprint density at radius 2 is 1.74 bits per heavy atom. The topological polar surface area (TPSA) is 182 Å². The molecule has 272 valence electrons. The van der Waals surface area contributed by atoms with Crippen LogP contribution in [0.5, 0.6) is 11.6 Å². The summed E-state index contributed by atoms with van der Waals surface area (Å²) in [5.74, 6) is -1.79. The van der Waals surface area contributed by atoms with Gasteiger partial charge < -0.3 is 29.7 Å². The molecule has 1 aromatic heterocycles. The Morgan fingerprint density at radius 3 is 2.30 bits per heavy atom. The fourth-order valence-electron chi connectivity index (χ4n) is 6.19. The average molecular weight is 714 g/mol. The minimum atomic E-state index is -3.90. The largest absolute Gasteiger partial charge is 0.494 e. The van der Waals surface area contributed by atoms with Crippen molar-refractivity contribution < 1.29 is 41.8 Å². The molecule has 14 nitrogen and oxygen atoms in total. The molecule has 1 saturated heterocycles. The molecular formula is C35H47N5O9S. The molecule has 1 aromatic carbocycles. The number of pyridine rings is 1. The number of alkyl carbamates (subject to hydrolysis) is 1. The number of amides is 4. The fourth-order valence-corrected chi connectivity index (χ4v) is 7.55. The first kappa shape index (κ1) is 36.9. The number of sulfonamides is 1. The van der Waals surface area contributed by atoms with Gasteiger partial charge in [-0.2, -0.15) is 0 Å². The predicted octanol–water partition coefficient (Wildman–Crippen LogP) is 3.20. The van der Waals surface area contributed by atoms with Crippen molar-refractivity contribution in [2.24, 2.45) is 11.3 Å². The van der Waals surface area contributed by atoms with Crippen molar-refractivity contribution in [2.75, 3.05) is 13.7 Å². The van der Waals surface area contributed by atoms with Crippen molar-refractivity contribution in [1.29, 1.82) is 0 Å². The molecule has 2 aromatic rings. The second-order valence-corrected chi connectivity index (χ2v) is 17.2. The van der Waals surface area contributed by atoms with E-state index in [1.807, 2.05) is 24.3 Å². The molecule has 0 bridgehead atoms. The van der Waals surface area contributed by atoms with Crippen molar-refractivity contribution in [1.82, 2.24) is 25.2 Å². The third kappa shape index (κ3) is 7.82. The number of carbonyl (C=O) groups excluding carboxylic acids is 4. The van der Waals surface area contributed by atoms with E-state index in [0.29, 0.717) is 24.0 Å². The SMILES string of the molecule is C=CC1C[C@]1(NC(=O)[C@@H]1C[C@@H](Oc2ncc(OC)c3ccccc23)CN1C(=O)[C@@H](NC(=O)OC(C)(C)C)C(C)(C)C)C(=O)NS(=O)(=O)C1CC1. The second-order valence-electron chi connectivity index (χ2n) is 15.3. The lowest BCUT2D eigenvalue weighted by Gasteiger charge is -2.36. The highest BCUT2D eigenvalue weighted by Gasteiger charge is 2.62. The minimum Gasteiger partial charge on any atom is -0.494 e. The van der Waals surface area contributed by atoms with E-state index in [1.165, 1.54) is 24.3 Å². The number of carbonyl (C=O) groups is 4. The lowest BCUT2D eigenvalue weighted by atomic mass is 9.85. The van der Waals surface area contributed by atoms with Crippen molar-refractivity contribution in [3.8, 4) is 11.6 Å². The van der Waals surface area contributed by atoms with Crippen LogP contribution in [0.2, 0.25) is 0 Å². The number of hydrogen-bond donors (Lipinski definition) is 3. The molecule has 5 rings (SSSR count). The van der Waals surface area contributed by atoms with Gasteiger partial charge in [-0.3, -0.25) is 19.1 Å². The third-order valence-corrected chi connectivity index (χ3v) is 10.9. The molecule has 0 spiro atoms. The smallest absolute Gasteiger partial charge is 0.408 e. The summed E-state index contributed by atoms with van der Waals surface area (Å²) in [6.07, 6.45) is 2.56. The van der Waals surface area contributed by atoms with Crippen molar-refractivity contribution in [2.45, 2.75) is 102 Å². The van der Waals surface area contributed by atoms with Gasteiger partial charge in [0, 0.05) is 23.1 Å². The standard InChI is InChI=1S/C35H47N5O9S/c1-9-20-17-35(20,31(43)39-50(45,46)22-14-15-22)38-28(41)25-16-21(48-29-24-13-11-10-12-23(24)26(47-8)18-36-29)19-40(25)30(42)27(33(2,3)4)37-32(44)49-34(5,6)7/h9-13,18,20-22,25,27H,1,14-17,19H2,2-8H3,(H,37,44)(H,38,41)(H,39,43)/t20?,21-,25+,27-,35-/m1/s1. The first-order valence-electron chi connectivity index (χ1n) is 16.7. The maximum atomic E-state index is 14.4. The first-order valence-corrected chi connectivity index (χ1v) is 18.2. The molecule has 2 heterocycles. The fraction of sp³-hybridized carbons (Fsp3) is 0.571. The number of nitrogens with one attached hydrogen (secondary N) is 3. The molecule has 5 atom stereocenters. The monoisotopic (exact) mass is 713 g/mol. The molecule has 3 fully saturated rings. The Balaban J connectivity index is 1.45. The molecule has 4 amide bonds. The third-order valence-electron chi connectivity index (χ3n) is 9.09. The zero-order valence-electron chi connectivity index (χ0n) is 29.6. The lowest BCUT2D eigenvalue weighted by molar-refractivity contribution is -0.143. The number of nitrogens with zero attached hydrogens (tertiary/aromatic N) is 2. The summed E-state index contributed by atoms with van der Waals surface area (Å²) in [6, 6.07) is 5.09. The molecular weight excluding hydrogens is 666 g/mol. The van der Waals surface area contributed by atoms with Crippen molar-refractivity contribution >= 4 is 44.6 Å². The average Bonchev–Trinajstić information content (AvgIpc) is 3.95. The Bertz CT molecular complexity index is 1800. The lowest BCUT2D eigenvalue weighted by Crippen LogP contribution is -2.60. The van der Waals surface area contributed by atoms with Crippen LogP contribution in [-0.4, -0.2) is 90.3 Å². The van der Waals surface area contributed by atoms with E-state index in [4.69, 9.17) is 14.2 Å².